The van der Waals surface area contributed by atoms with Crippen LogP contribution < -0.4 is 9.88 Å². The van der Waals surface area contributed by atoms with Crippen molar-refractivity contribution in [2.24, 2.45) is 5.14 Å². The Hall–Kier alpha value is -2.94. The summed E-state index contributed by atoms with van der Waals surface area (Å²) in [5.74, 6) is 1.77. The highest BCUT2D eigenvalue weighted by molar-refractivity contribution is 7.89. The Kier molecular flexibility index (Phi) is 6.69. The number of aryl methyl sites for hydroxylation is 1. The number of nitrogens with two attached hydrogens (primary N) is 1. The lowest BCUT2D eigenvalue weighted by Crippen LogP contribution is -2.20. The van der Waals surface area contributed by atoms with Gasteiger partial charge in [0.05, 0.1) is 29.6 Å². The topological polar surface area (TPSA) is 90.4 Å². The molecule has 0 atom stereocenters. The maximum Gasteiger partial charge on any atom is 0.238 e. The highest BCUT2D eigenvalue weighted by Crippen LogP contribution is 2.24. The van der Waals surface area contributed by atoms with Crippen LogP contribution in [-0.4, -0.2) is 37.0 Å². The van der Waals surface area contributed by atoms with Crippen LogP contribution in [0.25, 0.3) is 21.8 Å². The van der Waals surface area contributed by atoms with Gasteiger partial charge in [-0.25, -0.2) is 18.5 Å². The van der Waals surface area contributed by atoms with E-state index < -0.39 is 10.0 Å². The third-order valence-electron chi connectivity index (χ3n) is 5.84. The van der Waals surface area contributed by atoms with Crippen molar-refractivity contribution in [3.05, 3.63) is 66.0 Å². The lowest BCUT2D eigenvalue weighted by Gasteiger charge is -2.18. The summed E-state index contributed by atoms with van der Waals surface area (Å²) in [6.45, 7) is 4.40. The fourth-order valence-electron chi connectivity index (χ4n) is 4.13. The molecule has 174 valence electrons. The van der Waals surface area contributed by atoms with Crippen molar-refractivity contribution < 1.29 is 13.2 Å². The van der Waals surface area contributed by atoms with E-state index in [0.717, 1.165) is 48.4 Å². The first kappa shape index (κ1) is 23.2. The molecular weight excluding hydrogens is 436 g/mol. The number of hydrogen-bond acceptors (Lipinski definition) is 5. The van der Waals surface area contributed by atoms with E-state index >= 15 is 0 Å². The number of ether oxygens (including phenoxy) is 1. The van der Waals surface area contributed by atoms with Crippen molar-refractivity contribution in [2.75, 3.05) is 14.2 Å². The molecule has 0 saturated carbocycles. The van der Waals surface area contributed by atoms with Crippen LogP contribution in [0, 0.1) is 0 Å². The summed E-state index contributed by atoms with van der Waals surface area (Å²) in [7, 11) is -0.0269. The second-order valence-electron chi connectivity index (χ2n) is 8.45. The number of aromatic nitrogens is 2. The monoisotopic (exact) mass is 466 g/mol. The number of rotatable bonds is 9. The SMILES string of the molecule is CCCCn1c(CN(C)Cc2ccc3cc(OC)ccc3c2)nc2cc(S(N)(=O)=O)ccc21. The number of imidazole rings is 1. The minimum atomic E-state index is -3.77. The molecule has 8 heteroatoms. The molecule has 0 aliphatic heterocycles. The molecule has 7 nitrogen and oxygen atoms in total. The third kappa shape index (κ3) is 5.19. The minimum absolute atomic E-state index is 0.0860. The third-order valence-corrected chi connectivity index (χ3v) is 6.75. The van der Waals surface area contributed by atoms with Gasteiger partial charge in [-0.05, 0) is 66.2 Å². The maximum absolute atomic E-state index is 11.8. The van der Waals surface area contributed by atoms with E-state index in [1.54, 1.807) is 25.3 Å². The Balaban J connectivity index is 1.59. The average Bonchev–Trinajstić information content (AvgIpc) is 3.12. The van der Waals surface area contributed by atoms with E-state index in [1.165, 1.54) is 10.9 Å². The first-order valence-electron chi connectivity index (χ1n) is 11.1. The van der Waals surface area contributed by atoms with Crippen molar-refractivity contribution in [3.63, 3.8) is 0 Å². The van der Waals surface area contributed by atoms with Crippen LogP contribution in [0.2, 0.25) is 0 Å². The maximum atomic E-state index is 11.8. The molecule has 33 heavy (non-hydrogen) atoms. The lowest BCUT2D eigenvalue weighted by molar-refractivity contribution is 0.305. The smallest absolute Gasteiger partial charge is 0.238 e. The molecule has 0 amide bonds. The first-order chi connectivity index (χ1) is 15.8. The van der Waals surface area contributed by atoms with Crippen LogP contribution in [0.3, 0.4) is 0 Å². The summed E-state index contributed by atoms with van der Waals surface area (Å²) >= 11 is 0. The summed E-state index contributed by atoms with van der Waals surface area (Å²) in [5, 5.41) is 7.64. The number of benzene rings is 3. The summed E-state index contributed by atoms with van der Waals surface area (Å²) in [5.41, 5.74) is 2.79. The Bertz CT molecular complexity index is 1400. The molecule has 2 N–H and O–H groups in total. The summed E-state index contributed by atoms with van der Waals surface area (Å²) in [6.07, 6.45) is 2.08. The van der Waals surface area contributed by atoms with Crippen molar-refractivity contribution in [3.8, 4) is 5.75 Å². The molecule has 4 aromatic rings. The van der Waals surface area contributed by atoms with Gasteiger partial charge in [0, 0.05) is 13.1 Å². The normalized spacial score (nSPS) is 12.2. The van der Waals surface area contributed by atoms with Crippen LogP contribution in [0.15, 0.2) is 59.5 Å². The quantitative estimate of drug-likeness (QED) is 0.398. The van der Waals surface area contributed by atoms with Gasteiger partial charge in [0.15, 0.2) is 0 Å². The molecular formula is C25H30N4O3S. The minimum Gasteiger partial charge on any atom is -0.497 e. The van der Waals surface area contributed by atoms with Crippen molar-refractivity contribution in [1.29, 1.82) is 0 Å². The molecule has 0 aliphatic rings. The van der Waals surface area contributed by atoms with Gasteiger partial charge in [-0.2, -0.15) is 0 Å². The van der Waals surface area contributed by atoms with Crippen molar-refractivity contribution in [2.45, 2.75) is 44.3 Å². The Morgan fingerprint density at radius 3 is 2.52 bits per heavy atom. The second kappa shape index (κ2) is 9.51. The number of nitrogens with zero attached hydrogens (tertiary/aromatic N) is 3. The van der Waals surface area contributed by atoms with Gasteiger partial charge in [0.2, 0.25) is 10.0 Å². The first-order valence-corrected chi connectivity index (χ1v) is 12.6. The number of hydrogen-bond donors (Lipinski definition) is 1. The zero-order chi connectivity index (χ0) is 23.6. The number of unbranched alkanes of at least 4 members (excludes halogenated alkanes) is 1. The molecule has 0 fully saturated rings. The zero-order valence-corrected chi connectivity index (χ0v) is 20.1. The number of sulfonamides is 1. The predicted molar refractivity (Wildman–Crippen MR) is 132 cm³/mol. The van der Waals surface area contributed by atoms with E-state index in [9.17, 15) is 8.42 Å². The Morgan fingerprint density at radius 1 is 1.03 bits per heavy atom. The van der Waals surface area contributed by atoms with E-state index in [-0.39, 0.29) is 4.90 Å². The fraction of sp³-hybridized carbons (Fsp3) is 0.320. The second-order valence-corrected chi connectivity index (χ2v) is 10.0. The van der Waals surface area contributed by atoms with Crippen LogP contribution in [0.1, 0.15) is 31.2 Å². The molecule has 0 unspecified atom stereocenters. The molecule has 0 radical (unpaired) electrons. The number of primary sulfonamides is 1. The molecule has 1 aromatic heterocycles. The van der Waals surface area contributed by atoms with Gasteiger partial charge in [0.1, 0.15) is 11.6 Å². The standard InChI is InChI=1S/C25H30N4O3S/c1-4-5-12-29-24-11-10-22(33(26,30)31)15-23(24)27-25(29)17-28(2)16-18-6-7-20-14-21(32-3)9-8-19(20)13-18/h6-11,13-15H,4-5,12,16-17H2,1-3H3,(H2,26,30,31). The fourth-order valence-corrected chi connectivity index (χ4v) is 4.66. The van der Waals surface area contributed by atoms with Gasteiger partial charge in [0.25, 0.3) is 0 Å². The van der Waals surface area contributed by atoms with Gasteiger partial charge in [-0.1, -0.05) is 31.5 Å². The molecule has 0 bridgehead atoms. The van der Waals surface area contributed by atoms with Gasteiger partial charge in [-0.15, -0.1) is 0 Å². The van der Waals surface area contributed by atoms with Crippen LogP contribution in [0.4, 0.5) is 0 Å². The Labute approximate surface area is 194 Å². The van der Waals surface area contributed by atoms with Crippen LogP contribution >= 0.6 is 0 Å². The van der Waals surface area contributed by atoms with Crippen molar-refractivity contribution in [1.82, 2.24) is 14.5 Å². The molecule has 3 aromatic carbocycles. The van der Waals surface area contributed by atoms with Gasteiger partial charge >= 0.3 is 0 Å². The summed E-state index contributed by atoms with van der Waals surface area (Å²) in [4.78, 5) is 7.08. The largest absolute Gasteiger partial charge is 0.497 e. The van der Waals surface area contributed by atoms with E-state index in [0.29, 0.717) is 12.1 Å². The molecule has 0 spiro atoms. The molecule has 0 aliphatic carbocycles. The van der Waals surface area contributed by atoms with E-state index in [2.05, 4.69) is 47.7 Å². The number of methoxy groups -OCH3 is 1. The predicted octanol–water partition coefficient (Wildman–Crippen LogP) is 4.28. The lowest BCUT2D eigenvalue weighted by atomic mass is 10.1. The molecule has 1 heterocycles. The van der Waals surface area contributed by atoms with E-state index in [1.807, 2.05) is 12.1 Å². The molecule has 0 saturated heterocycles. The summed E-state index contributed by atoms with van der Waals surface area (Å²) < 4.78 is 31.1. The summed E-state index contributed by atoms with van der Waals surface area (Å²) in [6, 6.07) is 17.5. The number of fused-ring (bicyclic) bond motifs is 2. The highest BCUT2D eigenvalue weighted by Gasteiger charge is 2.16. The van der Waals surface area contributed by atoms with Gasteiger partial charge in [-0.3, -0.25) is 4.90 Å². The van der Waals surface area contributed by atoms with Crippen LogP contribution in [0.5, 0.6) is 5.75 Å². The van der Waals surface area contributed by atoms with E-state index in [4.69, 9.17) is 14.9 Å². The van der Waals surface area contributed by atoms with Crippen LogP contribution in [-0.2, 0) is 29.7 Å². The Morgan fingerprint density at radius 2 is 1.79 bits per heavy atom. The highest BCUT2D eigenvalue weighted by atomic mass is 32.2. The van der Waals surface area contributed by atoms with Gasteiger partial charge < -0.3 is 9.30 Å². The average molecular weight is 467 g/mol. The zero-order valence-electron chi connectivity index (χ0n) is 19.3. The molecule has 4 rings (SSSR count). The van der Waals surface area contributed by atoms with Crippen molar-refractivity contribution >= 4 is 31.8 Å².